The summed E-state index contributed by atoms with van der Waals surface area (Å²) in [4.78, 5) is 30.3. The Labute approximate surface area is 157 Å². The van der Waals surface area contributed by atoms with Gasteiger partial charge < -0.3 is 15.5 Å². The van der Waals surface area contributed by atoms with Crippen molar-refractivity contribution in [1.29, 1.82) is 0 Å². The van der Waals surface area contributed by atoms with Crippen molar-refractivity contribution < 1.29 is 4.79 Å². The fourth-order valence-electron chi connectivity index (χ4n) is 3.48. The maximum atomic E-state index is 12.9. The molecular formula is C19H23N7O. The van der Waals surface area contributed by atoms with Crippen molar-refractivity contribution in [2.75, 3.05) is 36.8 Å². The van der Waals surface area contributed by atoms with Crippen LogP contribution in [0.4, 0.5) is 11.8 Å². The normalized spacial score (nSPS) is 14.7. The van der Waals surface area contributed by atoms with Gasteiger partial charge in [-0.3, -0.25) is 9.36 Å². The Kier molecular flexibility index (Phi) is 4.39. The van der Waals surface area contributed by atoms with Crippen LogP contribution in [0.5, 0.6) is 0 Å². The summed E-state index contributed by atoms with van der Waals surface area (Å²) in [6, 6.07) is 7.79. The van der Waals surface area contributed by atoms with E-state index in [0.29, 0.717) is 42.3 Å². The predicted octanol–water partition coefficient (Wildman–Crippen LogP) is 1.70. The summed E-state index contributed by atoms with van der Waals surface area (Å²) in [5.41, 5.74) is 8.83. The van der Waals surface area contributed by atoms with Crippen LogP contribution < -0.4 is 10.6 Å². The molecule has 1 fully saturated rings. The smallest absolute Gasteiger partial charge is 0.255 e. The standard InChI is InChI=1S/C19H23N7O/c1-3-26-17-15(23-19(26)20)11-14(12-21-17)18(27)25-9-7-24(8-10-25)16-6-4-5-13(2)22-16/h4-6,11-12H,3,7-10H2,1-2H3,(H2,20,23). The first kappa shape index (κ1) is 17.3. The van der Waals surface area contributed by atoms with Crippen molar-refractivity contribution in [3.8, 4) is 0 Å². The van der Waals surface area contributed by atoms with Crippen LogP contribution in [-0.2, 0) is 6.54 Å². The number of carbonyl (C=O) groups excluding carboxylic acids is 1. The number of imidazole rings is 1. The van der Waals surface area contributed by atoms with Gasteiger partial charge in [-0.05, 0) is 32.0 Å². The van der Waals surface area contributed by atoms with Gasteiger partial charge in [-0.15, -0.1) is 0 Å². The van der Waals surface area contributed by atoms with Gasteiger partial charge in [-0.2, -0.15) is 0 Å². The van der Waals surface area contributed by atoms with Crippen molar-refractivity contribution in [3.63, 3.8) is 0 Å². The van der Waals surface area contributed by atoms with Gasteiger partial charge >= 0.3 is 0 Å². The zero-order valence-electron chi connectivity index (χ0n) is 15.6. The van der Waals surface area contributed by atoms with Crippen LogP contribution in [0.15, 0.2) is 30.5 Å². The van der Waals surface area contributed by atoms with Crippen LogP contribution in [-0.4, -0.2) is 56.5 Å². The number of anilines is 2. The molecule has 2 N–H and O–H groups in total. The van der Waals surface area contributed by atoms with E-state index < -0.39 is 0 Å². The lowest BCUT2D eigenvalue weighted by Gasteiger charge is -2.35. The van der Waals surface area contributed by atoms with Gasteiger partial charge in [-0.1, -0.05) is 6.07 Å². The van der Waals surface area contributed by atoms with E-state index in [4.69, 9.17) is 5.73 Å². The molecule has 140 valence electrons. The fraction of sp³-hybridized carbons (Fsp3) is 0.368. The van der Waals surface area contributed by atoms with Crippen LogP contribution in [0.2, 0.25) is 0 Å². The molecule has 4 rings (SSSR count). The van der Waals surface area contributed by atoms with Gasteiger partial charge in [0.15, 0.2) is 5.65 Å². The maximum absolute atomic E-state index is 12.9. The molecule has 3 aromatic rings. The molecule has 1 saturated heterocycles. The fourth-order valence-corrected chi connectivity index (χ4v) is 3.48. The lowest BCUT2D eigenvalue weighted by atomic mass is 10.2. The minimum atomic E-state index is -0.0223. The summed E-state index contributed by atoms with van der Waals surface area (Å²) in [6.07, 6.45) is 1.62. The lowest BCUT2D eigenvalue weighted by Crippen LogP contribution is -2.49. The number of nitrogens with two attached hydrogens (primary N) is 1. The average molecular weight is 365 g/mol. The summed E-state index contributed by atoms with van der Waals surface area (Å²) in [5.74, 6) is 1.36. The van der Waals surface area contributed by atoms with Crippen LogP contribution in [0.25, 0.3) is 11.2 Å². The van der Waals surface area contributed by atoms with Gasteiger partial charge in [0.05, 0.1) is 5.56 Å². The number of fused-ring (bicyclic) bond motifs is 1. The number of hydrogen-bond donors (Lipinski definition) is 1. The molecule has 4 heterocycles. The highest BCUT2D eigenvalue weighted by atomic mass is 16.2. The third-order valence-corrected chi connectivity index (χ3v) is 4.94. The second-order valence-electron chi connectivity index (χ2n) is 6.70. The van der Waals surface area contributed by atoms with Gasteiger partial charge in [0.1, 0.15) is 11.3 Å². The summed E-state index contributed by atoms with van der Waals surface area (Å²) in [6.45, 7) is 7.48. The zero-order chi connectivity index (χ0) is 19.0. The van der Waals surface area contributed by atoms with E-state index in [0.717, 1.165) is 24.6 Å². The SMILES string of the molecule is CCn1c(N)nc2cc(C(=O)N3CCN(c4cccc(C)n4)CC3)cnc21. The Balaban J connectivity index is 1.48. The number of carbonyl (C=O) groups is 1. The molecule has 0 spiro atoms. The molecule has 27 heavy (non-hydrogen) atoms. The topological polar surface area (TPSA) is 93.2 Å². The third kappa shape index (κ3) is 3.18. The van der Waals surface area contributed by atoms with Crippen LogP contribution in [0.3, 0.4) is 0 Å². The predicted molar refractivity (Wildman–Crippen MR) is 105 cm³/mol. The Morgan fingerprint density at radius 1 is 1.19 bits per heavy atom. The maximum Gasteiger partial charge on any atom is 0.255 e. The van der Waals surface area contributed by atoms with Crippen LogP contribution >= 0.6 is 0 Å². The number of aromatic nitrogens is 4. The Bertz CT molecular complexity index is 989. The molecule has 3 aromatic heterocycles. The summed E-state index contributed by atoms with van der Waals surface area (Å²) < 4.78 is 1.83. The molecule has 1 amide bonds. The number of piperazine rings is 1. The highest BCUT2D eigenvalue weighted by Gasteiger charge is 2.24. The molecule has 0 aliphatic carbocycles. The molecule has 0 saturated carbocycles. The van der Waals surface area contributed by atoms with E-state index in [2.05, 4.69) is 19.9 Å². The van der Waals surface area contributed by atoms with Crippen molar-refractivity contribution in [3.05, 3.63) is 41.7 Å². The first-order valence-electron chi connectivity index (χ1n) is 9.16. The Morgan fingerprint density at radius 3 is 2.67 bits per heavy atom. The zero-order valence-corrected chi connectivity index (χ0v) is 15.6. The molecule has 0 aromatic carbocycles. The van der Waals surface area contributed by atoms with E-state index in [-0.39, 0.29) is 5.91 Å². The van der Waals surface area contributed by atoms with Crippen molar-refractivity contribution in [2.24, 2.45) is 0 Å². The number of pyridine rings is 2. The van der Waals surface area contributed by atoms with Gasteiger partial charge in [0.25, 0.3) is 5.91 Å². The second kappa shape index (κ2) is 6.86. The summed E-state index contributed by atoms with van der Waals surface area (Å²) >= 11 is 0. The Hall–Kier alpha value is -3.16. The first-order valence-corrected chi connectivity index (χ1v) is 9.16. The molecule has 0 bridgehead atoms. The average Bonchev–Trinajstić information content (AvgIpc) is 3.01. The number of amides is 1. The third-order valence-electron chi connectivity index (χ3n) is 4.94. The monoisotopic (exact) mass is 365 g/mol. The van der Waals surface area contributed by atoms with Crippen LogP contribution in [0.1, 0.15) is 23.0 Å². The number of aryl methyl sites for hydroxylation is 2. The molecule has 0 unspecified atom stereocenters. The number of rotatable bonds is 3. The second-order valence-corrected chi connectivity index (χ2v) is 6.70. The molecule has 8 nitrogen and oxygen atoms in total. The summed E-state index contributed by atoms with van der Waals surface area (Å²) in [5, 5.41) is 0. The minimum absolute atomic E-state index is 0.0223. The van der Waals surface area contributed by atoms with Crippen molar-refractivity contribution in [2.45, 2.75) is 20.4 Å². The molecule has 0 atom stereocenters. The van der Waals surface area contributed by atoms with E-state index in [1.165, 1.54) is 0 Å². The molecule has 0 radical (unpaired) electrons. The first-order chi connectivity index (χ1) is 13.1. The highest BCUT2D eigenvalue weighted by molar-refractivity contribution is 5.96. The van der Waals surface area contributed by atoms with E-state index in [9.17, 15) is 4.79 Å². The molecular weight excluding hydrogens is 342 g/mol. The molecule has 8 heteroatoms. The Morgan fingerprint density at radius 2 is 1.96 bits per heavy atom. The van der Waals surface area contributed by atoms with Crippen molar-refractivity contribution in [1.82, 2.24) is 24.4 Å². The van der Waals surface area contributed by atoms with Gasteiger partial charge in [0, 0.05) is 44.6 Å². The minimum Gasteiger partial charge on any atom is -0.369 e. The van der Waals surface area contributed by atoms with Gasteiger partial charge in [0.2, 0.25) is 5.95 Å². The lowest BCUT2D eigenvalue weighted by molar-refractivity contribution is 0.0746. The number of hydrogen-bond acceptors (Lipinski definition) is 6. The van der Waals surface area contributed by atoms with E-state index >= 15 is 0 Å². The highest BCUT2D eigenvalue weighted by Crippen LogP contribution is 2.19. The van der Waals surface area contributed by atoms with E-state index in [1.54, 1.807) is 12.3 Å². The van der Waals surface area contributed by atoms with Crippen molar-refractivity contribution >= 4 is 28.8 Å². The van der Waals surface area contributed by atoms with Crippen LogP contribution in [0, 0.1) is 6.92 Å². The molecule has 1 aliphatic rings. The molecule has 1 aliphatic heterocycles. The number of nitrogens with zero attached hydrogens (tertiary/aromatic N) is 6. The largest absolute Gasteiger partial charge is 0.369 e. The number of nitrogen functional groups attached to an aromatic ring is 1. The van der Waals surface area contributed by atoms with Gasteiger partial charge in [-0.25, -0.2) is 15.0 Å². The summed E-state index contributed by atoms with van der Waals surface area (Å²) in [7, 11) is 0. The quantitative estimate of drug-likeness (QED) is 0.759. The van der Waals surface area contributed by atoms with E-state index in [1.807, 2.05) is 41.5 Å².